The Morgan fingerprint density at radius 3 is 3.09 bits per heavy atom. The van der Waals surface area contributed by atoms with Crippen LogP contribution >= 0.6 is 0 Å². The van der Waals surface area contributed by atoms with Crippen LogP contribution in [0.15, 0.2) is 36.4 Å². The van der Waals surface area contributed by atoms with Gasteiger partial charge in [-0.3, -0.25) is 4.79 Å². The number of nitrogens with one attached hydrogen (secondary N) is 1. The standard InChI is InChI=1S/C29H39N3O3/c1-29(11-9-26-8-7-21-6-3-13-30-28(21)31-26)12-14-32(20-29)18-25(17-27(33)34)23-5-2-4-22(16-23)24-10-15-35-19-24/h2,4-5,7-8,16,24-25H,3,6,9-15,17-20H2,1H3,(H,30,31)(H,33,34)/t24?,25-,29-/m1/s1. The number of carboxylic acid groups (broad SMARTS) is 1. The molecule has 0 amide bonds. The van der Waals surface area contributed by atoms with Crippen molar-refractivity contribution in [2.45, 2.75) is 63.7 Å². The Morgan fingerprint density at radius 1 is 1.34 bits per heavy atom. The van der Waals surface area contributed by atoms with Crippen molar-refractivity contribution in [3.05, 3.63) is 58.8 Å². The number of anilines is 1. The second kappa shape index (κ2) is 10.7. The average molecular weight is 478 g/mol. The minimum absolute atomic E-state index is 0.00510. The number of aromatic nitrogens is 1. The van der Waals surface area contributed by atoms with E-state index in [9.17, 15) is 9.90 Å². The van der Waals surface area contributed by atoms with E-state index in [1.165, 1.54) is 23.2 Å². The number of carbonyl (C=O) groups is 1. The van der Waals surface area contributed by atoms with Crippen LogP contribution in [-0.4, -0.2) is 60.4 Å². The maximum Gasteiger partial charge on any atom is 0.304 e. The van der Waals surface area contributed by atoms with Gasteiger partial charge in [-0.1, -0.05) is 37.3 Å². The van der Waals surface area contributed by atoms with Gasteiger partial charge in [0.2, 0.25) is 0 Å². The van der Waals surface area contributed by atoms with Gasteiger partial charge < -0.3 is 20.1 Å². The minimum Gasteiger partial charge on any atom is -0.481 e. The van der Waals surface area contributed by atoms with E-state index in [4.69, 9.17) is 9.72 Å². The second-order valence-corrected chi connectivity index (χ2v) is 11.2. The molecule has 0 saturated carbocycles. The van der Waals surface area contributed by atoms with E-state index in [-0.39, 0.29) is 17.8 Å². The van der Waals surface area contributed by atoms with E-state index in [0.717, 1.165) is 82.9 Å². The summed E-state index contributed by atoms with van der Waals surface area (Å²) in [6.45, 7) is 7.84. The van der Waals surface area contributed by atoms with Gasteiger partial charge in [0.25, 0.3) is 0 Å². The third kappa shape index (κ3) is 6.04. The fourth-order valence-electron chi connectivity index (χ4n) is 6.10. The lowest BCUT2D eigenvalue weighted by molar-refractivity contribution is -0.137. The first-order chi connectivity index (χ1) is 17.0. The number of nitrogens with zero attached hydrogens (tertiary/aromatic N) is 2. The van der Waals surface area contributed by atoms with E-state index in [1.54, 1.807) is 0 Å². The zero-order valence-corrected chi connectivity index (χ0v) is 21.0. The normalized spacial score (nSPS) is 25.2. The Labute approximate surface area is 209 Å². The molecule has 1 aromatic carbocycles. The number of pyridine rings is 1. The summed E-state index contributed by atoms with van der Waals surface area (Å²) in [5.41, 5.74) is 5.19. The van der Waals surface area contributed by atoms with Gasteiger partial charge in [-0.15, -0.1) is 0 Å². The van der Waals surface area contributed by atoms with Crippen LogP contribution in [0.25, 0.3) is 0 Å². The van der Waals surface area contributed by atoms with Crippen LogP contribution < -0.4 is 5.32 Å². The molecule has 4 heterocycles. The lowest BCUT2D eigenvalue weighted by atomic mass is 9.84. The van der Waals surface area contributed by atoms with Crippen molar-refractivity contribution in [3.63, 3.8) is 0 Å². The van der Waals surface area contributed by atoms with Gasteiger partial charge in [0, 0.05) is 43.8 Å². The van der Waals surface area contributed by atoms with Gasteiger partial charge in [0.15, 0.2) is 0 Å². The third-order valence-corrected chi connectivity index (χ3v) is 8.26. The van der Waals surface area contributed by atoms with Gasteiger partial charge in [-0.25, -0.2) is 4.98 Å². The molecule has 0 radical (unpaired) electrons. The van der Waals surface area contributed by atoms with Gasteiger partial charge in [-0.05, 0) is 73.2 Å². The van der Waals surface area contributed by atoms with Crippen molar-refractivity contribution in [3.8, 4) is 0 Å². The van der Waals surface area contributed by atoms with Crippen molar-refractivity contribution in [1.29, 1.82) is 0 Å². The Kier molecular flexibility index (Phi) is 7.40. The van der Waals surface area contributed by atoms with Crippen LogP contribution in [-0.2, 0) is 22.4 Å². The molecule has 3 aliphatic rings. The van der Waals surface area contributed by atoms with Crippen LogP contribution in [0.1, 0.15) is 73.2 Å². The van der Waals surface area contributed by atoms with E-state index in [1.807, 2.05) is 0 Å². The summed E-state index contributed by atoms with van der Waals surface area (Å²) in [4.78, 5) is 19.1. The van der Waals surface area contributed by atoms with Crippen molar-refractivity contribution in [1.82, 2.24) is 9.88 Å². The Balaban J connectivity index is 1.21. The fraction of sp³-hybridized carbons (Fsp3) is 0.586. The largest absolute Gasteiger partial charge is 0.481 e. The first-order valence-corrected chi connectivity index (χ1v) is 13.3. The van der Waals surface area contributed by atoms with Crippen LogP contribution in [0.4, 0.5) is 5.82 Å². The Morgan fingerprint density at radius 2 is 2.26 bits per heavy atom. The quantitative estimate of drug-likeness (QED) is 0.538. The predicted molar refractivity (Wildman–Crippen MR) is 138 cm³/mol. The molecule has 35 heavy (non-hydrogen) atoms. The molecule has 6 nitrogen and oxygen atoms in total. The first kappa shape index (κ1) is 24.3. The molecule has 2 saturated heterocycles. The topological polar surface area (TPSA) is 74.7 Å². The maximum atomic E-state index is 11.7. The molecule has 1 aromatic heterocycles. The number of likely N-dealkylation sites (tertiary alicyclic amines) is 1. The molecule has 3 atom stereocenters. The summed E-state index contributed by atoms with van der Waals surface area (Å²) in [5, 5.41) is 13.1. The average Bonchev–Trinajstić information content (AvgIpc) is 3.53. The van der Waals surface area contributed by atoms with Crippen LogP contribution in [0.5, 0.6) is 0 Å². The molecule has 2 N–H and O–H groups in total. The van der Waals surface area contributed by atoms with Crippen molar-refractivity contribution in [2.75, 3.05) is 44.7 Å². The van der Waals surface area contributed by atoms with Gasteiger partial charge in [0.05, 0.1) is 13.0 Å². The Hall–Kier alpha value is -2.44. The lowest BCUT2D eigenvalue weighted by Crippen LogP contribution is -2.30. The van der Waals surface area contributed by atoms with Gasteiger partial charge in [0.1, 0.15) is 5.82 Å². The number of ether oxygens (including phenoxy) is 1. The molecule has 188 valence electrons. The molecule has 1 unspecified atom stereocenters. The van der Waals surface area contributed by atoms with Crippen LogP contribution in [0.3, 0.4) is 0 Å². The predicted octanol–water partition coefficient (Wildman–Crippen LogP) is 4.85. The molecular formula is C29H39N3O3. The third-order valence-electron chi connectivity index (χ3n) is 8.26. The molecule has 2 aromatic rings. The molecule has 3 aliphatic heterocycles. The second-order valence-electron chi connectivity index (χ2n) is 11.2. The molecule has 0 spiro atoms. The fourth-order valence-corrected chi connectivity index (χ4v) is 6.10. The summed E-state index contributed by atoms with van der Waals surface area (Å²) in [7, 11) is 0. The zero-order chi connectivity index (χ0) is 24.3. The number of rotatable bonds is 9. The van der Waals surface area contributed by atoms with Crippen LogP contribution in [0, 0.1) is 5.41 Å². The summed E-state index contributed by atoms with van der Waals surface area (Å²) < 4.78 is 5.58. The van der Waals surface area contributed by atoms with Crippen molar-refractivity contribution >= 4 is 11.8 Å². The van der Waals surface area contributed by atoms with Crippen molar-refractivity contribution in [2.24, 2.45) is 5.41 Å². The summed E-state index contributed by atoms with van der Waals surface area (Å²) in [5.74, 6) is 0.793. The summed E-state index contributed by atoms with van der Waals surface area (Å²) in [6, 6.07) is 13.0. The molecule has 5 rings (SSSR count). The summed E-state index contributed by atoms with van der Waals surface area (Å²) in [6.07, 6.45) is 6.77. The number of carboxylic acids is 1. The highest BCUT2D eigenvalue weighted by Gasteiger charge is 2.35. The Bertz CT molecular complexity index is 1040. The number of aryl methyl sites for hydroxylation is 2. The molecule has 6 heteroatoms. The highest BCUT2D eigenvalue weighted by atomic mass is 16.5. The number of benzene rings is 1. The molecule has 2 fully saturated rings. The minimum atomic E-state index is -0.723. The van der Waals surface area contributed by atoms with Crippen molar-refractivity contribution < 1.29 is 14.6 Å². The van der Waals surface area contributed by atoms with Gasteiger partial charge >= 0.3 is 5.97 Å². The highest BCUT2D eigenvalue weighted by Crippen LogP contribution is 2.37. The SMILES string of the molecule is C[C@@]1(CCc2ccc3c(n2)NCCC3)CCN(C[C@@H](CC(=O)O)c2cccc(C3CCOC3)c2)C1. The molecular weight excluding hydrogens is 438 g/mol. The van der Waals surface area contributed by atoms with E-state index in [2.05, 4.69) is 53.5 Å². The lowest BCUT2D eigenvalue weighted by Gasteiger charge is -2.27. The number of aliphatic carboxylic acids is 1. The number of fused-ring (bicyclic) bond motifs is 1. The monoisotopic (exact) mass is 477 g/mol. The van der Waals surface area contributed by atoms with E-state index in [0.29, 0.717) is 5.92 Å². The maximum absolute atomic E-state index is 11.7. The summed E-state index contributed by atoms with van der Waals surface area (Å²) >= 11 is 0. The molecule has 0 aliphatic carbocycles. The smallest absolute Gasteiger partial charge is 0.304 e. The highest BCUT2D eigenvalue weighted by molar-refractivity contribution is 5.68. The zero-order valence-electron chi connectivity index (χ0n) is 21.0. The molecule has 0 bridgehead atoms. The van der Waals surface area contributed by atoms with Gasteiger partial charge in [-0.2, -0.15) is 0 Å². The first-order valence-electron chi connectivity index (χ1n) is 13.3. The number of hydrogen-bond acceptors (Lipinski definition) is 5. The van der Waals surface area contributed by atoms with E-state index >= 15 is 0 Å². The number of hydrogen-bond donors (Lipinski definition) is 2. The van der Waals surface area contributed by atoms with Crippen LogP contribution in [0.2, 0.25) is 0 Å². The van der Waals surface area contributed by atoms with E-state index < -0.39 is 5.97 Å².